The number of nitrogens with zero attached hydrogens (tertiary/aromatic N) is 1. The number of carbonyl (C=O) groups excluding carboxylic acids is 1. The Balaban J connectivity index is 1.44. The number of aryl methyl sites for hydroxylation is 1. The van der Waals surface area contributed by atoms with Crippen LogP contribution in [0.3, 0.4) is 0 Å². The second-order valence-electron chi connectivity index (χ2n) is 7.33. The van der Waals surface area contributed by atoms with Crippen LogP contribution in [0.4, 0.5) is 5.69 Å². The van der Waals surface area contributed by atoms with Crippen molar-refractivity contribution in [3.05, 3.63) is 82.2 Å². The lowest BCUT2D eigenvalue weighted by Gasteiger charge is -2.15. The van der Waals surface area contributed by atoms with Crippen LogP contribution in [0.15, 0.2) is 63.9 Å². The molecule has 156 valence electrons. The average molecular weight is 408 g/mol. The highest BCUT2D eigenvalue weighted by atomic mass is 16.5. The molecule has 7 heteroatoms. The smallest absolute Gasteiger partial charge is 0.291 e. The van der Waals surface area contributed by atoms with E-state index in [-0.39, 0.29) is 29.9 Å². The number of anilines is 1. The Bertz CT molecular complexity index is 1080. The van der Waals surface area contributed by atoms with Crippen molar-refractivity contribution in [2.45, 2.75) is 32.4 Å². The third-order valence-corrected chi connectivity index (χ3v) is 4.94. The highest BCUT2D eigenvalue weighted by Gasteiger charge is 2.18. The van der Waals surface area contributed by atoms with Gasteiger partial charge in [0, 0.05) is 18.9 Å². The van der Waals surface area contributed by atoms with Crippen LogP contribution in [0.5, 0.6) is 5.75 Å². The number of rotatable bonds is 7. The quantitative estimate of drug-likeness (QED) is 0.646. The molecule has 1 aliphatic heterocycles. The molecule has 30 heavy (non-hydrogen) atoms. The first-order valence-electron chi connectivity index (χ1n) is 9.99. The Hall–Kier alpha value is -3.32. The van der Waals surface area contributed by atoms with Crippen LogP contribution in [0.25, 0.3) is 0 Å². The van der Waals surface area contributed by atoms with Crippen LogP contribution in [0.1, 0.15) is 34.7 Å². The van der Waals surface area contributed by atoms with Gasteiger partial charge in [-0.15, -0.1) is 0 Å². The van der Waals surface area contributed by atoms with E-state index in [1.807, 2.05) is 25.1 Å². The summed E-state index contributed by atoms with van der Waals surface area (Å²) in [5.41, 5.74) is 1.47. The summed E-state index contributed by atoms with van der Waals surface area (Å²) in [6.45, 7) is 3.44. The minimum Gasteiger partial charge on any atom is -0.489 e. The Morgan fingerprint density at radius 3 is 2.93 bits per heavy atom. The molecule has 3 heterocycles. The first-order valence-corrected chi connectivity index (χ1v) is 9.99. The van der Waals surface area contributed by atoms with Crippen LogP contribution < -0.4 is 15.6 Å². The maximum absolute atomic E-state index is 12.7. The van der Waals surface area contributed by atoms with Gasteiger partial charge in [-0.1, -0.05) is 12.1 Å². The molecule has 4 rings (SSSR count). The van der Waals surface area contributed by atoms with Crippen molar-refractivity contribution in [2.75, 3.05) is 18.5 Å². The van der Waals surface area contributed by atoms with Gasteiger partial charge >= 0.3 is 0 Å². The third-order valence-electron chi connectivity index (χ3n) is 4.94. The molecular weight excluding hydrogens is 384 g/mol. The number of amides is 1. The van der Waals surface area contributed by atoms with E-state index in [9.17, 15) is 9.59 Å². The molecule has 7 nitrogen and oxygen atoms in total. The standard InChI is InChI=1S/C23H24N2O5/c1-16-7-9-19(21(13-16)29-15-18-5-4-12-28-18)24-23(27)20-10-8-17(30-20)14-25-11-3-2-6-22(25)26/h2-3,6-11,13,18H,4-5,12,14-15H2,1H3,(H,24,27). The van der Waals surface area contributed by atoms with E-state index < -0.39 is 0 Å². The second kappa shape index (κ2) is 9.00. The predicted molar refractivity (Wildman–Crippen MR) is 112 cm³/mol. The molecule has 0 aliphatic carbocycles. The van der Waals surface area contributed by atoms with Crippen LogP contribution in [0.2, 0.25) is 0 Å². The number of aromatic nitrogens is 1. The number of nitrogens with one attached hydrogen (secondary N) is 1. The fourth-order valence-corrected chi connectivity index (χ4v) is 3.34. The van der Waals surface area contributed by atoms with Crippen molar-refractivity contribution in [2.24, 2.45) is 0 Å². The van der Waals surface area contributed by atoms with Crippen molar-refractivity contribution in [1.82, 2.24) is 4.57 Å². The summed E-state index contributed by atoms with van der Waals surface area (Å²) in [5, 5.41) is 2.85. The molecular formula is C23H24N2O5. The van der Waals surface area contributed by atoms with Gasteiger partial charge in [0.25, 0.3) is 11.5 Å². The van der Waals surface area contributed by atoms with Gasteiger partial charge in [-0.25, -0.2) is 0 Å². The van der Waals surface area contributed by atoms with Crippen LogP contribution in [-0.2, 0) is 11.3 Å². The Morgan fingerprint density at radius 1 is 1.23 bits per heavy atom. The summed E-state index contributed by atoms with van der Waals surface area (Å²) in [5.74, 6) is 0.904. The van der Waals surface area contributed by atoms with Gasteiger partial charge in [0.1, 0.15) is 18.1 Å². The van der Waals surface area contributed by atoms with E-state index in [0.717, 1.165) is 25.0 Å². The Labute approximate surface area is 174 Å². The normalized spacial score (nSPS) is 15.8. The molecule has 0 bridgehead atoms. The molecule has 1 atom stereocenters. The van der Waals surface area contributed by atoms with E-state index in [1.54, 1.807) is 30.5 Å². The lowest BCUT2D eigenvalue weighted by Crippen LogP contribution is -2.18. The zero-order chi connectivity index (χ0) is 20.9. The minimum absolute atomic E-state index is 0.0862. The molecule has 0 saturated carbocycles. The fraction of sp³-hybridized carbons (Fsp3) is 0.304. The summed E-state index contributed by atoms with van der Waals surface area (Å²) in [6, 6.07) is 13.8. The van der Waals surface area contributed by atoms with Crippen LogP contribution in [-0.4, -0.2) is 29.8 Å². The molecule has 0 radical (unpaired) electrons. The molecule has 1 fully saturated rings. The monoisotopic (exact) mass is 408 g/mol. The maximum Gasteiger partial charge on any atom is 0.291 e. The van der Waals surface area contributed by atoms with E-state index in [4.69, 9.17) is 13.9 Å². The first-order chi connectivity index (χ1) is 14.6. The highest BCUT2D eigenvalue weighted by molar-refractivity contribution is 6.03. The number of pyridine rings is 1. The van der Waals surface area contributed by atoms with Crippen LogP contribution >= 0.6 is 0 Å². The first kappa shape index (κ1) is 20.0. The zero-order valence-corrected chi connectivity index (χ0v) is 16.8. The number of hydrogen-bond acceptors (Lipinski definition) is 5. The molecule has 1 amide bonds. The fourth-order valence-electron chi connectivity index (χ4n) is 3.34. The van der Waals surface area contributed by atoms with Gasteiger partial charge in [-0.2, -0.15) is 0 Å². The SMILES string of the molecule is Cc1ccc(NC(=O)c2ccc(Cn3ccccc3=O)o2)c(OCC2CCCO2)c1. The Kier molecular flexibility index (Phi) is 5.99. The van der Waals surface area contributed by atoms with E-state index in [2.05, 4.69) is 5.32 Å². The topological polar surface area (TPSA) is 82.7 Å². The van der Waals surface area contributed by atoms with Gasteiger partial charge in [0.2, 0.25) is 0 Å². The minimum atomic E-state index is -0.382. The maximum atomic E-state index is 12.7. The third kappa shape index (κ3) is 4.80. The van der Waals surface area contributed by atoms with Gasteiger partial charge in [-0.05, 0) is 55.7 Å². The molecule has 1 N–H and O–H groups in total. The second-order valence-corrected chi connectivity index (χ2v) is 7.33. The van der Waals surface area contributed by atoms with E-state index >= 15 is 0 Å². The molecule has 1 aromatic carbocycles. The molecule has 3 aromatic rings. The Morgan fingerprint density at radius 2 is 2.13 bits per heavy atom. The average Bonchev–Trinajstić information content (AvgIpc) is 3.42. The van der Waals surface area contributed by atoms with Crippen molar-refractivity contribution >= 4 is 11.6 Å². The van der Waals surface area contributed by atoms with Crippen LogP contribution in [0, 0.1) is 6.92 Å². The van der Waals surface area contributed by atoms with Gasteiger partial charge in [0.15, 0.2) is 5.76 Å². The van der Waals surface area contributed by atoms with Crippen molar-refractivity contribution in [1.29, 1.82) is 0 Å². The summed E-state index contributed by atoms with van der Waals surface area (Å²) in [7, 11) is 0. The number of carbonyl (C=O) groups is 1. The lowest BCUT2D eigenvalue weighted by atomic mass is 10.2. The van der Waals surface area contributed by atoms with E-state index in [1.165, 1.54) is 10.6 Å². The molecule has 1 saturated heterocycles. The number of ether oxygens (including phenoxy) is 2. The molecule has 1 unspecified atom stereocenters. The molecule has 1 aliphatic rings. The summed E-state index contributed by atoms with van der Waals surface area (Å²) in [6.07, 6.45) is 3.78. The number of hydrogen-bond donors (Lipinski definition) is 1. The van der Waals surface area contributed by atoms with E-state index in [0.29, 0.717) is 23.8 Å². The molecule has 0 spiro atoms. The van der Waals surface area contributed by atoms with Gasteiger partial charge in [-0.3, -0.25) is 9.59 Å². The molecule has 2 aromatic heterocycles. The number of benzene rings is 1. The summed E-state index contributed by atoms with van der Waals surface area (Å²) in [4.78, 5) is 24.5. The summed E-state index contributed by atoms with van der Waals surface area (Å²) >= 11 is 0. The number of furan rings is 1. The summed E-state index contributed by atoms with van der Waals surface area (Å²) < 4.78 is 18.7. The van der Waals surface area contributed by atoms with Crippen molar-refractivity contribution < 1.29 is 18.7 Å². The van der Waals surface area contributed by atoms with Gasteiger partial charge in [0.05, 0.1) is 18.3 Å². The van der Waals surface area contributed by atoms with Gasteiger partial charge < -0.3 is 23.8 Å². The largest absolute Gasteiger partial charge is 0.489 e. The van der Waals surface area contributed by atoms with Crippen molar-refractivity contribution in [3.63, 3.8) is 0 Å². The zero-order valence-electron chi connectivity index (χ0n) is 16.8. The predicted octanol–water partition coefficient (Wildman–Crippen LogP) is 3.61. The van der Waals surface area contributed by atoms with Crippen molar-refractivity contribution in [3.8, 4) is 5.75 Å². The highest BCUT2D eigenvalue weighted by Crippen LogP contribution is 2.27. The lowest BCUT2D eigenvalue weighted by molar-refractivity contribution is 0.0681.